The van der Waals surface area contributed by atoms with E-state index >= 15 is 0 Å². The average Bonchev–Trinajstić information content (AvgIpc) is 3.55. The topological polar surface area (TPSA) is 137 Å². The Morgan fingerprint density at radius 2 is 2.05 bits per heavy atom. The Bertz CT molecular complexity index is 1010. The van der Waals surface area contributed by atoms with Gasteiger partial charge in [-0.25, -0.2) is 4.79 Å². The maximum absolute atomic E-state index is 13.1. The molecule has 38 heavy (non-hydrogen) atoms. The quantitative estimate of drug-likeness (QED) is 0.259. The van der Waals surface area contributed by atoms with Crippen molar-refractivity contribution in [2.45, 2.75) is 70.6 Å². The molecule has 4 N–H and O–H groups in total. The number of carbonyl (C=O) groups excluding carboxylic acids is 3. The Morgan fingerprint density at radius 1 is 1.26 bits per heavy atom. The van der Waals surface area contributed by atoms with Crippen molar-refractivity contribution in [2.24, 2.45) is 5.92 Å². The number of nitrogens with one attached hydrogen (secondary N) is 3. The lowest BCUT2D eigenvalue weighted by atomic mass is 9.97. The second-order valence-electron chi connectivity index (χ2n) is 10.1. The number of hydrogen-bond donors (Lipinski definition) is 4. The van der Waals surface area contributed by atoms with Gasteiger partial charge in [0.25, 0.3) is 0 Å². The highest BCUT2D eigenvalue weighted by Gasteiger charge is 2.31. The zero-order chi connectivity index (χ0) is 27.7. The molecule has 2 aliphatic heterocycles. The molecule has 10 nitrogen and oxygen atoms in total. The highest BCUT2D eigenvalue weighted by Crippen LogP contribution is 2.30. The van der Waals surface area contributed by atoms with Gasteiger partial charge < -0.3 is 25.8 Å². The van der Waals surface area contributed by atoms with Gasteiger partial charge in [0, 0.05) is 37.5 Å². The molecule has 0 spiro atoms. The Morgan fingerprint density at radius 3 is 2.71 bits per heavy atom. The minimum Gasteiger partial charge on any atom is -0.493 e. The number of rotatable bonds is 15. The van der Waals surface area contributed by atoms with Crippen LogP contribution in [0.4, 0.5) is 0 Å². The number of aliphatic carboxylic acids is 1. The number of amides is 3. The van der Waals surface area contributed by atoms with Crippen LogP contribution in [0.5, 0.6) is 5.75 Å². The van der Waals surface area contributed by atoms with Crippen LogP contribution in [0.3, 0.4) is 0 Å². The lowest BCUT2D eigenvalue weighted by molar-refractivity contribution is -0.142. The number of carboxylic acid groups (broad SMARTS) is 1. The Hall–Kier alpha value is -2.79. The van der Waals surface area contributed by atoms with E-state index in [9.17, 15) is 24.3 Å². The first-order valence-corrected chi connectivity index (χ1v) is 14.7. The van der Waals surface area contributed by atoms with Crippen LogP contribution in [0.25, 0.3) is 0 Å². The first kappa shape index (κ1) is 29.8. The molecule has 0 bridgehead atoms. The maximum atomic E-state index is 13.1. The summed E-state index contributed by atoms with van der Waals surface area (Å²) in [5.74, 6) is -0.241. The molecular weight excluding hydrogens is 508 g/mol. The molecule has 0 radical (unpaired) electrons. The van der Waals surface area contributed by atoms with Crippen molar-refractivity contribution in [3.8, 4) is 5.75 Å². The number of thioether (sulfide) groups is 1. The van der Waals surface area contributed by atoms with E-state index in [-0.39, 0.29) is 36.2 Å². The molecule has 0 aliphatic carbocycles. The number of carboxylic acids is 1. The van der Waals surface area contributed by atoms with Gasteiger partial charge >= 0.3 is 5.97 Å². The van der Waals surface area contributed by atoms with Gasteiger partial charge in [0.15, 0.2) is 0 Å². The highest BCUT2D eigenvalue weighted by atomic mass is 32.2. The molecule has 0 aromatic heterocycles. The first-order chi connectivity index (χ1) is 18.2. The van der Waals surface area contributed by atoms with E-state index in [0.717, 1.165) is 29.7 Å². The number of para-hydroxylation sites is 1. The smallest absolute Gasteiger partial charge is 0.326 e. The molecule has 1 fully saturated rings. The lowest BCUT2D eigenvalue weighted by Gasteiger charge is -2.32. The molecule has 2 heterocycles. The third kappa shape index (κ3) is 8.36. The molecule has 1 saturated heterocycles. The zero-order valence-corrected chi connectivity index (χ0v) is 23.3. The van der Waals surface area contributed by atoms with Crippen LogP contribution in [-0.2, 0) is 32.1 Å². The molecule has 1 aromatic carbocycles. The van der Waals surface area contributed by atoms with Crippen LogP contribution in [-0.4, -0.2) is 83.5 Å². The number of carbonyl (C=O) groups is 4. The van der Waals surface area contributed by atoms with Crippen molar-refractivity contribution in [1.29, 1.82) is 0 Å². The third-order valence-electron chi connectivity index (χ3n) is 7.23. The molecule has 0 unspecified atom stereocenters. The van der Waals surface area contributed by atoms with Crippen LogP contribution in [0.15, 0.2) is 18.2 Å². The third-order valence-corrected chi connectivity index (χ3v) is 7.87. The Kier molecular flexibility index (Phi) is 11.3. The van der Waals surface area contributed by atoms with E-state index in [1.165, 1.54) is 11.8 Å². The second-order valence-corrected chi connectivity index (χ2v) is 11.1. The van der Waals surface area contributed by atoms with Gasteiger partial charge in [-0.3, -0.25) is 19.3 Å². The minimum absolute atomic E-state index is 0.0321. The van der Waals surface area contributed by atoms with Crippen LogP contribution >= 0.6 is 11.8 Å². The number of hydrogen-bond acceptors (Lipinski definition) is 7. The maximum Gasteiger partial charge on any atom is 0.326 e. The van der Waals surface area contributed by atoms with Crippen LogP contribution < -0.4 is 20.7 Å². The lowest BCUT2D eigenvalue weighted by Crippen LogP contribution is -2.53. The summed E-state index contributed by atoms with van der Waals surface area (Å²) in [4.78, 5) is 51.3. The van der Waals surface area contributed by atoms with Gasteiger partial charge in [0.05, 0.1) is 13.2 Å². The average molecular weight is 549 g/mol. The standard InChI is InChI=1S/C27H40N4O6S/c1-4-17(2)22(30-26(34)20-8-9-23(32)28-20)15-31(14-19-7-5-6-18-10-12-37-25(18)19)16-24(33)29-21(27(35)36)11-13-38-3/h5-7,17,20-22H,4,8-16H2,1-3H3,(H,28,32)(H,29,33)(H,30,34)(H,35,36)/t17-,20-,21-,22+/m0/s1. The van der Waals surface area contributed by atoms with E-state index in [1.807, 2.05) is 43.2 Å². The van der Waals surface area contributed by atoms with Gasteiger partial charge in [-0.2, -0.15) is 11.8 Å². The SMILES string of the molecule is CC[C@H](C)[C@@H](CN(CC(=O)N[C@@H](CCSC)C(=O)O)Cc1cccc2c1OCC2)NC(=O)[C@@H]1CCC(=O)N1. The molecule has 210 valence electrons. The van der Waals surface area contributed by atoms with Crippen molar-refractivity contribution in [3.63, 3.8) is 0 Å². The van der Waals surface area contributed by atoms with Crippen molar-refractivity contribution >= 4 is 35.5 Å². The summed E-state index contributed by atoms with van der Waals surface area (Å²) in [6.45, 7) is 5.45. The van der Waals surface area contributed by atoms with Crippen LogP contribution in [0.2, 0.25) is 0 Å². The predicted octanol–water partition coefficient (Wildman–Crippen LogP) is 1.56. The van der Waals surface area contributed by atoms with Gasteiger partial charge in [-0.15, -0.1) is 0 Å². The number of ether oxygens (including phenoxy) is 1. The molecule has 3 rings (SSSR count). The van der Waals surface area contributed by atoms with E-state index in [0.29, 0.717) is 44.7 Å². The normalized spacial score (nSPS) is 18.7. The van der Waals surface area contributed by atoms with Crippen LogP contribution in [0, 0.1) is 5.92 Å². The fraction of sp³-hybridized carbons (Fsp3) is 0.630. The molecule has 11 heteroatoms. The van der Waals surface area contributed by atoms with Crippen molar-refractivity contribution in [3.05, 3.63) is 29.3 Å². The Balaban J connectivity index is 1.78. The molecule has 4 atom stereocenters. The molecule has 3 amide bonds. The number of benzene rings is 1. The fourth-order valence-corrected chi connectivity index (χ4v) is 5.27. The van der Waals surface area contributed by atoms with Gasteiger partial charge in [0.2, 0.25) is 17.7 Å². The summed E-state index contributed by atoms with van der Waals surface area (Å²) in [6.07, 6.45) is 4.66. The summed E-state index contributed by atoms with van der Waals surface area (Å²) in [7, 11) is 0. The van der Waals surface area contributed by atoms with E-state index < -0.39 is 18.1 Å². The highest BCUT2D eigenvalue weighted by molar-refractivity contribution is 7.98. The second kappa shape index (κ2) is 14.4. The summed E-state index contributed by atoms with van der Waals surface area (Å²) in [5, 5.41) is 18.1. The molecular formula is C27H40N4O6S. The Labute approximate surface area is 228 Å². The van der Waals surface area contributed by atoms with Crippen molar-refractivity contribution < 1.29 is 29.0 Å². The number of fused-ring (bicyclic) bond motifs is 1. The van der Waals surface area contributed by atoms with E-state index in [2.05, 4.69) is 16.0 Å². The van der Waals surface area contributed by atoms with E-state index in [1.54, 1.807) is 0 Å². The molecule has 0 saturated carbocycles. The van der Waals surface area contributed by atoms with E-state index in [4.69, 9.17) is 4.74 Å². The summed E-state index contributed by atoms with van der Waals surface area (Å²) < 4.78 is 5.87. The zero-order valence-electron chi connectivity index (χ0n) is 22.5. The predicted molar refractivity (Wildman–Crippen MR) is 146 cm³/mol. The van der Waals surface area contributed by atoms with Crippen LogP contribution in [0.1, 0.15) is 50.7 Å². The summed E-state index contributed by atoms with van der Waals surface area (Å²) in [5.41, 5.74) is 2.07. The summed E-state index contributed by atoms with van der Waals surface area (Å²) >= 11 is 1.53. The fourth-order valence-electron chi connectivity index (χ4n) is 4.79. The van der Waals surface area contributed by atoms with Gasteiger partial charge in [-0.1, -0.05) is 38.5 Å². The molecule has 1 aromatic rings. The van der Waals surface area contributed by atoms with Gasteiger partial charge in [0.1, 0.15) is 17.8 Å². The van der Waals surface area contributed by atoms with Crippen molar-refractivity contribution in [2.75, 3.05) is 31.7 Å². The van der Waals surface area contributed by atoms with Crippen molar-refractivity contribution in [1.82, 2.24) is 20.9 Å². The monoisotopic (exact) mass is 548 g/mol. The number of nitrogens with zero attached hydrogens (tertiary/aromatic N) is 1. The summed E-state index contributed by atoms with van der Waals surface area (Å²) in [6, 6.07) is 4.19. The molecule has 2 aliphatic rings. The van der Waals surface area contributed by atoms with Gasteiger partial charge in [-0.05, 0) is 36.3 Å². The minimum atomic E-state index is -1.06. The first-order valence-electron chi connectivity index (χ1n) is 13.3. The largest absolute Gasteiger partial charge is 0.493 e.